The van der Waals surface area contributed by atoms with Crippen LogP contribution in [0.25, 0.3) is 0 Å². The smallest absolute Gasteiger partial charge is 0.304 e. The van der Waals surface area contributed by atoms with Gasteiger partial charge < -0.3 is 9.84 Å². The van der Waals surface area contributed by atoms with Gasteiger partial charge in [0.15, 0.2) is 0 Å². The van der Waals surface area contributed by atoms with Gasteiger partial charge in [0.25, 0.3) is 0 Å². The van der Waals surface area contributed by atoms with Crippen molar-refractivity contribution < 1.29 is 14.6 Å². The molecule has 0 spiro atoms. The molecule has 0 bridgehead atoms. The summed E-state index contributed by atoms with van der Waals surface area (Å²) in [6, 6.07) is 8.23. The average molecular weight is 279 g/mol. The molecule has 0 saturated carbocycles. The molecule has 0 radical (unpaired) electrons. The van der Waals surface area contributed by atoms with Crippen LogP contribution in [0.15, 0.2) is 24.3 Å². The second-order valence-corrected chi connectivity index (χ2v) is 5.99. The Morgan fingerprint density at radius 2 is 1.95 bits per heavy atom. The number of carboxylic acid groups (broad SMARTS) is 1. The Hall–Kier alpha value is -1.39. The van der Waals surface area contributed by atoms with Crippen molar-refractivity contribution in [2.75, 3.05) is 13.7 Å². The average Bonchev–Trinajstić information content (AvgIpc) is 2.33. The Labute approximate surface area is 121 Å². The molecule has 0 heterocycles. The number of rotatable bonds is 7. The number of carboxylic acids is 1. The standard InChI is InChI=1S/C16H25NO3/c1-16(2,3)17(9-8-15(18)19)11-13-6-5-7-14(10-13)12-20-4/h5-7,10H,8-9,11-12H2,1-4H3,(H,18,19). The van der Waals surface area contributed by atoms with Gasteiger partial charge in [-0.3, -0.25) is 9.69 Å². The molecular weight excluding hydrogens is 254 g/mol. The normalized spacial score (nSPS) is 11.8. The van der Waals surface area contributed by atoms with E-state index in [1.165, 1.54) is 5.56 Å². The number of hydrogen-bond acceptors (Lipinski definition) is 3. The molecule has 112 valence electrons. The highest BCUT2D eigenvalue weighted by Crippen LogP contribution is 2.18. The highest BCUT2D eigenvalue weighted by Gasteiger charge is 2.22. The van der Waals surface area contributed by atoms with Crippen LogP contribution in [-0.4, -0.2) is 35.2 Å². The van der Waals surface area contributed by atoms with E-state index >= 15 is 0 Å². The fraction of sp³-hybridized carbons (Fsp3) is 0.562. The number of hydrogen-bond donors (Lipinski definition) is 1. The van der Waals surface area contributed by atoms with E-state index in [2.05, 4.69) is 37.8 Å². The zero-order valence-electron chi connectivity index (χ0n) is 12.8. The van der Waals surface area contributed by atoms with Crippen molar-refractivity contribution in [1.29, 1.82) is 0 Å². The fourth-order valence-corrected chi connectivity index (χ4v) is 2.09. The highest BCUT2D eigenvalue weighted by molar-refractivity contribution is 5.66. The van der Waals surface area contributed by atoms with Crippen molar-refractivity contribution in [1.82, 2.24) is 4.90 Å². The number of ether oxygens (including phenoxy) is 1. The van der Waals surface area contributed by atoms with Crippen LogP contribution in [-0.2, 0) is 22.7 Å². The first-order chi connectivity index (χ1) is 9.32. The van der Waals surface area contributed by atoms with E-state index in [1.807, 2.05) is 12.1 Å². The quantitative estimate of drug-likeness (QED) is 0.833. The van der Waals surface area contributed by atoms with E-state index in [4.69, 9.17) is 9.84 Å². The number of aliphatic carboxylic acids is 1. The molecule has 1 N–H and O–H groups in total. The van der Waals surface area contributed by atoms with Gasteiger partial charge in [0.05, 0.1) is 13.0 Å². The van der Waals surface area contributed by atoms with Crippen molar-refractivity contribution in [2.45, 2.75) is 45.9 Å². The van der Waals surface area contributed by atoms with Crippen LogP contribution in [0, 0.1) is 0 Å². The van der Waals surface area contributed by atoms with Gasteiger partial charge in [-0.15, -0.1) is 0 Å². The molecule has 4 heteroatoms. The lowest BCUT2D eigenvalue weighted by atomic mass is 10.0. The molecule has 20 heavy (non-hydrogen) atoms. The lowest BCUT2D eigenvalue weighted by molar-refractivity contribution is -0.137. The molecule has 4 nitrogen and oxygen atoms in total. The van der Waals surface area contributed by atoms with Crippen LogP contribution in [0.4, 0.5) is 0 Å². The molecule has 1 aromatic carbocycles. The lowest BCUT2D eigenvalue weighted by Gasteiger charge is -2.35. The highest BCUT2D eigenvalue weighted by atomic mass is 16.5. The van der Waals surface area contributed by atoms with Crippen LogP contribution in [0.2, 0.25) is 0 Å². The maximum Gasteiger partial charge on any atom is 0.304 e. The summed E-state index contributed by atoms with van der Waals surface area (Å²) < 4.78 is 5.14. The Bertz CT molecular complexity index is 438. The first kappa shape index (κ1) is 16.7. The van der Waals surface area contributed by atoms with E-state index in [9.17, 15) is 4.79 Å². The van der Waals surface area contributed by atoms with Crippen molar-refractivity contribution >= 4 is 5.97 Å². The summed E-state index contributed by atoms with van der Waals surface area (Å²) in [5, 5.41) is 8.87. The van der Waals surface area contributed by atoms with Crippen molar-refractivity contribution in [2.24, 2.45) is 0 Å². The number of carbonyl (C=O) groups is 1. The first-order valence-electron chi connectivity index (χ1n) is 6.86. The zero-order chi connectivity index (χ0) is 15.2. The van der Waals surface area contributed by atoms with Gasteiger partial charge in [-0.2, -0.15) is 0 Å². The van der Waals surface area contributed by atoms with Gasteiger partial charge >= 0.3 is 5.97 Å². The topological polar surface area (TPSA) is 49.8 Å². The molecule has 0 aliphatic rings. The summed E-state index contributed by atoms with van der Waals surface area (Å²) in [6.07, 6.45) is 0.162. The first-order valence-corrected chi connectivity index (χ1v) is 6.86. The third-order valence-corrected chi connectivity index (χ3v) is 3.22. The predicted octanol–water partition coefficient (Wildman–Crippen LogP) is 2.91. The summed E-state index contributed by atoms with van der Waals surface area (Å²) >= 11 is 0. The Kier molecular flexibility index (Phi) is 6.17. The van der Waals surface area contributed by atoms with E-state index in [1.54, 1.807) is 7.11 Å². The summed E-state index contributed by atoms with van der Waals surface area (Å²) in [6.45, 7) is 8.20. The van der Waals surface area contributed by atoms with E-state index in [0.717, 1.165) is 12.1 Å². The summed E-state index contributed by atoms with van der Waals surface area (Å²) in [7, 11) is 1.68. The van der Waals surface area contributed by atoms with Crippen LogP contribution in [0.3, 0.4) is 0 Å². The molecule has 0 unspecified atom stereocenters. The molecule has 0 fully saturated rings. The van der Waals surface area contributed by atoms with Crippen molar-refractivity contribution in [3.63, 3.8) is 0 Å². The third-order valence-electron chi connectivity index (χ3n) is 3.22. The van der Waals surface area contributed by atoms with Gasteiger partial charge in [-0.05, 0) is 31.9 Å². The molecule has 0 atom stereocenters. The van der Waals surface area contributed by atoms with E-state index in [-0.39, 0.29) is 12.0 Å². The van der Waals surface area contributed by atoms with Crippen LogP contribution < -0.4 is 0 Å². The van der Waals surface area contributed by atoms with Crippen LogP contribution >= 0.6 is 0 Å². The second-order valence-electron chi connectivity index (χ2n) is 5.99. The molecule has 1 rings (SSSR count). The van der Waals surface area contributed by atoms with Crippen LogP contribution in [0.5, 0.6) is 0 Å². The minimum absolute atomic E-state index is 0.0628. The monoisotopic (exact) mass is 279 g/mol. The molecule has 0 amide bonds. The summed E-state index contributed by atoms with van der Waals surface area (Å²) in [4.78, 5) is 13.0. The molecule has 0 aliphatic carbocycles. The zero-order valence-corrected chi connectivity index (χ0v) is 12.8. The van der Waals surface area contributed by atoms with E-state index in [0.29, 0.717) is 13.2 Å². The van der Waals surface area contributed by atoms with Crippen molar-refractivity contribution in [3.05, 3.63) is 35.4 Å². The predicted molar refractivity (Wildman–Crippen MR) is 79.6 cm³/mol. The Balaban J connectivity index is 2.78. The minimum Gasteiger partial charge on any atom is -0.481 e. The number of methoxy groups -OCH3 is 1. The van der Waals surface area contributed by atoms with Gasteiger partial charge in [0.1, 0.15) is 0 Å². The summed E-state index contributed by atoms with van der Waals surface area (Å²) in [5.41, 5.74) is 2.25. The molecular formula is C16H25NO3. The summed E-state index contributed by atoms with van der Waals surface area (Å²) in [5.74, 6) is -0.757. The van der Waals surface area contributed by atoms with Gasteiger partial charge in [-0.1, -0.05) is 24.3 Å². The van der Waals surface area contributed by atoms with E-state index < -0.39 is 5.97 Å². The molecule has 0 aromatic heterocycles. The van der Waals surface area contributed by atoms with Crippen molar-refractivity contribution in [3.8, 4) is 0 Å². The number of nitrogens with zero attached hydrogens (tertiary/aromatic N) is 1. The molecule has 0 aliphatic heterocycles. The number of benzene rings is 1. The fourth-order valence-electron chi connectivity index (χ4n) is 2.09. The van der Waals surface area contributed by atoms with Gasteiger partial charge in [0.2, 0.25) is 0 Å². The molecule has 0 saturated heterocycles. The second kappa shape index (κ2) is 7.41. The minimum atomic E-state index is -0.757. The Morgan fingerprint density at radius 3 is 2.50 bits per heavy atom. The third kappa shape index (κ3) is 5.72. The maximum absolute atomic E-state index is 10.8. The molecule has 1 aromatic rings. The Morgan fingerprint density at radius 1 is 1.30 bits per heavy atom. The van der Waals surface area contributed by atoms with Gasteiger partial charge in [-0.25, -0.2) is 0 Å². The maximum atomic E-state index is 10.8. The van der Waals surface area contributed by atoms with Crippen LogP contribution in [0.1, 0.15) is 38.3 Å². The largest absolute Gasteiger partial charge is 0.481 e. The lowest BCUT2D eigenvalue weighted by Crippen LogP contribution is -2.42. The van der Waals surface area contributed by atoms with Gasteiger partial charge in [0, 0.05) is 25.7 Å². The SMILES string of the molecule is COCc1cccc(CN(CCC(=O)O)C(C)(C)C)c1.